The Bertz CT molecular complexity index is 1070. The van der Waals surface area contributed by atoms with E-state index in [1.165, 1.54) is 49.7 Å². The van der Waals surface area contributed by atoms with Crippen LogP contribution in [-0.4, -0.2) is 5.43 Å². The summed E-state index contributed by atoms with van der Waals surface area (Å²) in [5.41, 5.74) is 9.89. The van der Waals surface area contributed by atoms with Crippen LogP contribution in [0, 0.1) is 25.8 Å². The third kappa shape index (κ3) is 6.32. The molecular weight excluding hydrogens is 456 g/mol. The van der Waals surface area contributed by atoms with Gasteiger partial charge in [0.2, 0.25) is 0 Å². The molecule has 30 heavy (non-hydrogen) atoms. The zero-order valence-corrected chi connectivity index (χ0v) is 23.2. The molecule has 0 radical (unpaired) electrons. The molecule has 2 heteroatoms. The first-order chi connectivity index (χ1) is 14.1. The maximum absolute atomic E-state index is 3.36. The van der Waals surface area contributed by atoms with Gasteiger partial charge in [0.25, 0.3) is 0 Å². The summed E-state index contributed by atoms with van der Waals surface area (Å²) in [6.07, 6.45) is 3.36. The van der Waals surface area contributed by atoms with Crippen LogP contribution in [0.3, 0.4) is 0 Å². The van der Waals surface area contributed by atoms with Crippen LogP contribution in [-0.2, 0) is 23.3 Å². The molecule has 0 bridgehead atoms. The molecule has 0 saturated carbocycles. The van der Waals surface area contributed by atoms with Crippen molar-refractivity contribution < 1.29 is 23.3 Å². The van der Waals surface area contributed by atoms with Gasteiger partial charge in [0.15, 0.2) is 0 Å². The molecule has 154 valence electrons. The monoisotopic (exact) mass is 488 g/mol. The normalized spacial score (nSPS) is 15.3. The van der Waals surface area contributed by atoms with Crippen LogP contribution in [0.25, 0.3) is 21.9 Å². The van der Waals surface area contributed by atoms with Crippen molar-refractivity contribution in [3.63, 3.8) is 0 Å². The van der Waals surface area contributed by atoms with Crippen molar-refractivity contribution in [2.24, 2.45) is 5.92 Å². The second kappa shape index (κ2) is 11.3. The Morgan fingerprint density at radius 1 is 0.900 bits per heavy atom. The average Bonchev–Trinajstić information content (AvgIpc) is 3.19. The molecule has 0 heterocycles. The second-order valence-corrected chi connectivity index (χ2v) is 17.8. The molecule has 4 rings (SSSR count). The first-order valence-electron chi connectivity index (χ1n) is 10.6. The molecule has 3 aromatic carbocycles. The maximum atomic E-state index is 3.36. The first kappa shape index (κ1) is 24.9. The van der Waals surface area contributed by atoms with Crippen molar-refractivity contribution in [1.29, 1.82) is 0 Å². The van der Waals surface area contributed by atoms with Gasteiger partial charge in [-0.1, -0.05) is 67.6 Å². The Balaban J connectivity index is 0.000000207. The quantitative estimate of drug-likeness (QED) is 0.238. The van der Waals surface area contributed by atoms with Crippen LogP contribution in [0.15, 0.2) is 71.3 Å². The Morgan fingerprint density at radius 3 is 1.93 bits per heavy atom. The summed E-state index contributed by atoms with van der Waals surface area (Å²) in [5, 5.41) is 2.68. The van der Waals surface area contributed by atoms with Crippen molar-refractivity contribution in [3.8, 4) is 11.1 Å². The number of rotatable bonds is 1. The van der Waals surface area contributed by atoms with Gasteiger partial charge in [-0.15, -0.1) is 53.6 Å². The SMILES string of the molecule is CC1=[C-]C(C)C(C)=C1C.C[Si](C)=[Zr+2].Cc1cccc(C)c1-c1c[cH-]c2ccccc12. The Hall–Kier alpha value is -1.37. The van der Waals surface area contributed by atoms with Gasteiger partial charge in [0, 0.05) is 0 Å². The van der Waals surface area contributed by atoms with Gasteiger partial charge >= 0.3 is 41.9 Å². The van der Waals surface area contributed by atoms with E-state index in [-0.39, 0.29) is 5.43 Å². The standard InChI is InChI=1S/C17H15.C9H13.C2H6Si.Zr/c1-12-6-5-7-13(2)17(12)16-11-10-14-8-3-4-9-15(14)16;1-6-5-7(2)9(4)8(6)3;1-3-2;/h3-11H,1-2H3;6H,1-4H3;1-2H3;/q2*-1;;+2. The summed E-state index contributed by atoms with van der Waals surface area (Å²) >= 11 is 1.74. The molecule has 1 unspecified atom stereocenters. The van der Waals surface area contributed by atoms with Crippen LogP contribution in [0.4, 0.5) is 0 Å². The van der Waals surface area contributed by atoms with E-state index >= 15 is 0 Å². The van der Waals surface area contributed by atoms with E-state index < -0.39 is 0 Å². The Kier molecular flexibility index (Phi) is 9.38. The van der Waals surface area contributed by atoms with Crippen molar-refractivity contribution in [2.45, 2.75) is 54.6 Å². The molecule has 1 aliphatic carbocycles. The van der Waals surface area contributed by atoms with Gasteiger partial charge in [-0.3, -0.25) is 6.08 Å². The van der Waals surface area contributed by atoms with E-state index in [0.717, 1.165) is 0 Å². The topological polar surface area (TPSA) is 0 Å². The number of hydrogen-bond donors (Lipinski definition) is 0. The molecule has 0 amide bonds. The first-order valence-corrected chi connectivity index (χ1v) is 16.8. The van der Waals surface area contributed by atoms with Crippen molar-refractivity contribution in [1.82, 2.24) is 0 Å². The third-order valence-corrected chi connectivity index (χ3v) is 5.67. The summed E-state index contributed by atoms with van der Waals surface area (Å²) < 4.78 is 0. The predicted octanol–water partition coefficient (Wildman–Crippen LogP) is 8.35. The molecule has 1 aliphatic rings. The summed E-state index contributed by atoms with van der Waals surface area (Å²) in [6, 6.07) is 19.5. The zero-order chi connectivity index (χ0) is 22.4. The van der Waals surface area contributed by atoms with Gasteiger partial charge in [-0.25, -0.2) is 5.57 Å². The third-order valence-electron chi connectivity index (χ3n) is 5.67. The second-order valence-electron chi connectivity index (χ2n) is 8.40. The number of allylic oxidation sites excluding steroid dienone is 4. The molecule has 0 aliphatic heterocycles. The maximum Gasteiger partial charge on any atom is -0.0400 e. The van der Waals surface area contributed by atoms with Crippen LogP contribution in [0.1, 0.15) is 38.8 Å². The Morgan fingerprint density at radius 2 is 1.47 bits per heavy atom. The molecular formula is C28H34SiZr. The smallest absolute Gasteiger partial charge is 0.0400 e. The molecule has 0 nitrogen and oxygen atoms in total. The zero-order valence-electron chi connectivity index (χ0n) is 19.8. The average molecular weight is 490 g/mol. The summed E-state index contributed by atoms with van der Waals surface area (Å²) in [5.74, 6) is 0.560. The largest absolute Gasteiger partial charge is 0.150 e. The van der Waals surface area contributed by atoms with Crippen molar-refractivity contribution >= 4 is 16.2 Å². The molecule has 3 aromatic rings. The van der Waals surface area contributed by atoms with Crippen molar-refractivity contribution in [2.75, 3.05) is 0 Å². The molecule has 0 aromatic heterocycles. The fourth-order valence-corrected chi connectivity index (χ4v) is 3.77. The summed E-state index contributed by atoms with van der Waals surface area (Å²) in [4.78, 5) is 0. The minimum Gasteiger partial charge on any atom is -0.150 e. The van der Waals surface area contributed by atoms with E-state index in [0.29, 0.717) is 5.92 Å². The van der Waals surface area contributed by atoms with Crippen molar-refractivity contribution in [3.05, 3.63) is 88.5 Å². The van der Waals surface area contributed by atoms with Gasteiger partial charge in [0.05, 0.1) is 0 Å². The minimum atomic E-state index is 0.210. The van der Waals surface area contributed by atoms with Crippen LogP contribution in [0.5, 0.6) is 0 Å². The number of fused-ring (bicyclic) bond motifs is 1. The molecule has 0 spiro atoms. The molecule has 0 N–H and O–H groups in total. The molecule has 0 saturated heterocycles. The number of benzene rings is 2. The van der Waals surface area contributed by atoms with Gasteiger partial charge in [-0.05, 0) is 13.8 Å². The number of aryl methyl sites for hydroxylation is 2. The minimum absolute atomic E-state index is 0.210. The van der Waals surface area contributed by atoms with E-state index in [1.807, 2.05) is 0 Å². The number of hydrogen-bond acceptors (Lipinski definition) is 0. The fourth-order valence-electron chi connectivity index (χ4n) is 3.77. The summed E-state index contributed by atoms with van der Waals surface area (Å²) in [7, 11) is 0. The van der Waals surface area contributed by atoms with Crippen LogP contribution >= 0.6 is 0 Å². The van der Waals surface area contributed by atoms with Gasteiger partial charge < -0.3 is 0 Å². The predicted molar refractivity (Wildman–Crippen MR) is 132 cm³/mol. The fraction of sp³-hybridized carbons (Fsp3) is 0.321. The van der Waals surface area contributed by atoms with E-state index in [1.54, 1.807) is 23.3 Å². The summed E-state index contributed by atoms with van der Waals surface area (Å²) in [6.45, 7) is 17.7. The van der Waals surface area contributed by atoms with Gasteiger partial charge in [0.1, 0.15) is 0 Å². The van der Waals surface area contributed by atoms with Crippen LogP contribution < -0.4 is 0 Å². The van der Waals surface area contributed by atoms with E-state index in [2.05, 4.69) is 115 Å². The molecule has 0 fully saturated rings. The van der Waals surface area contributed by atoms with Gasteiger partial charge in [-0.2, -0.15) is 11.1 Å². The van der Waals surface area contributed by atoms with E-state index in [4.69, 9.17) is 0 Å². The molecule has 1 atom stereocenters. The van der Waals surface area contributed by atoms with Crippen LogP contribution in [0.2, 0.25) is 13.1 Å². The Labute approximate surface area is 198 Å². The van der Waals surface area contributed by atoms with E-state index in [9.17, 15) is 0 Å².